The van der Waals surface area contributed by atoms with Crippen LogP contribution in [0.25, 0.3) is 5.57 Å². The molecule has 6 heteroatoms. The Morgan fingerprint density at radius 2 is 1.81 bits per heavy atom. The minimum Gasteiger partial charge on any atom is -0.497 e. The Hall–Kier alpha value is -2.89. The van der Waals surface area contributed by atoms with Gasteiger partial charge in [-0.1, -0.05) is 19.6 Å². The van der Waals surface area contributed by atoms with Crippen molar-refractivity contribution in [2.24, 2.45) is 5.92 Å². The number of carboxylic acid groups (broad SMARTS) is 1. The Bertz CT molecular complexity index is 730. The molecule has 0 heterocycles. The molecule has 26 heavy (non-hydrogen) atoms. The van der Waals surface area contributed by atoms with E-state index in [1.54, 1.807) is 39.3 Å². The molecule has 1 N–H and O–H groups in total. The van der Waals surface area contributed by atoms with Gasteiger partial charge < -0.3 is 24.1 Å². The first-order valence-corrected chi connectivity index (χ1v) is 7.96. The number of ether oxygens (including phenoxy) is 4. The van der Waals surface area contributed by atoms with Crippen molar-refractivity contribution >= 4 is 11.5 Å². The number of carboxylic acids is 1. The quantitative estimate of drug-likeness (QED) is 0.527. The van der Waals surface area contributed by atoms with Crippen molar-refractivity contribution in [1.82, 2.24) is 0 Å². The van der Waals surface area contributed by atoms with Crippen LogP contribution in [-0.4, -0.2) is 39.5 Å². The Morgan fingerprint density at radius 3 is 2.27 bits per heavy atom. The van der Waals surface area contributed by atoms with Crippen molar-refractivity contribution in [2.75, 3.05) is 28.4 Å². The maximum atomic E-state index is 11.4. The van der Waals surface area contributed by atoms with Gasteiger partial charge >= 0.3 is 5.97 Å². The second kappa shape index (κ2) is 9.56. The van der Waals surface area contributed by atoms with E-state index in [1.807, 2.05) is 13.0 Å². The number of benzene rings is 1. The van der Waals surface area contributed by atoms with Gasteiger partial charge in [0.15, 0.2) is 11.5 Å². The normalized spacial score (nSPS) is 13.4. The lowest BCUT2D eigenvalue weighted by Crippen LogP contribution is -2.05. The maximum Gasteiger partial charge on any atom is 0.339 e. The number of carbonyl (C=O) groups is 1. The van der Waals surface area contributed by atoms with Crippen LogP contribution in [0.1, 0.15) is 29.8 Å². The Morgan fingerprint density at radius 1 is 1.15 bits per heavy atom. The monoisotopic (exact) mass is 362 g/mol. The van der Waals surface area contributed by atoms with Gasteiger partial charge in [0.05, 0.1) is 28.4 Å². The highest BCUT2D eigenvalue weighted by Gasteiger charge is 2.17. The summed E-state index contributed by atoms with van der Waals surface area (Å²) in [5, 5.41) is 9.34. The summed E-state index contributed by atoms with van der Waals surface area (Å²) in [5.74, 6) is 0.668. The molecule has 0 saturated carbocycles. The fourth-order valence-electron chi connectivity index (χ4n) is 2.41. The molecule has 0 bridgehead atoms. The number of methoxy groups -OCH3 is 4. The van der Waals surface area contributed by atoms with Gasteiger partial charge in [0, 0.05) is 5.92 Å². The minimum atomic E-state index is -1.06. The van der Waals surface area contributed by atoms with Crippen LogP contribution in [0.5, 0.6) is 5.75 Å². The van der Waals surface area contributed by atoms with E-state index >= 15 is 0 Å². The first-order chi connectivity index (χ1) is 12.3. The van der Waals surface area contributed by atoms with Crippen LogP contribution in [0.4, 0.5) is 0 Å². The van der Waals surface area contributed by atoms with Gasteiger partial charge in [-0.05, 0) is 36.3 Å². The van der Waals surface area contributed by atoms with Crippen LogP contribution in [0.2, 0.25) is 0 Å². The second-order valence-corrected chi connectivity index (χ2v) is 5.56. The molecule has 1 atom stereocenters. The summed E-state index contributed by atoms with van der Waals surface area (Å²) in [5.41, 5.74) is 1.52. The number of allylic oxidation sites excluding steroid dienone is 3. The van der Waals surface area contributed by atoms with E-state index in [0.29, 0.717) is 28.6 Å². The van der Waals surface area contributed by atoms with Gasteiger partial charge in [-0.25, -0.2) is 4.79 Å². The van der Waals surface area contributed by atoms with E-state index in [9.17, 15) is 9.90 Å². The Balaban J connectivity index is 3.24. The summed E-state index contributed by atoms with van der Waals surface area (Å²) >= 11 is 0. The molecule has 0 aliphatic rings. The van der Waals surface area contributed by atoms with Crippen LogP contribution in [-0.2, 0) is 14.2 Å². The fourth-order valence-corrected chi connectivity index (χ4v) is 2.41. The molecule has 0 aromatic heterocycles. The van der Waals surface area contributed by atoms with E-state index < -0.39 is 5.97 Å². The fraction of sp³-hybridized carbons (Fsp3) is 0.350. The van der Waals surface area contributed by atoms with Gasteiger partial charge in [-0.2, -0.15) is 0 Å². The first kappa shape index (κ1) is 21.2. The van der Waals surface area contributed by atoms with Gasteiger partial charge in [0.25, 0.3) is 0 Å². The summed E-state index contributed by atoms with van der Waals surface area (Å²) in [6.45, 7) is 7.80. The zero-order valence-electron chi connectivity index (χ0n) is 16.1. The molecule has 0 aliphatic carbocycles. The predicted octanol–water partition coefficient (Wildman–Crippen LogP) is 4.10. The zero-order chi connectivity index (χ0) is 19.9. The number of hydrogen-bond acceptors (Lipinski definition) is 5. The highest BCUT2D eigenvalue weighted by molar-refractivity contribution is 5.92. The van der Waals surface area contributed by atoms with E-state index in [-0.39, 0.29) is 11.5 Å². The van der Waals surface area contributed by atoms with Crippen LogP contribution < -0.4 is 4.74 Å². The molecule has 0 spiro atoms. The van der Waals surface area contributed by atoms with Crippen molar-refractivity contribution in [2.45, 2.75) is 13.8 Å². The third-order valence-corrected chi connectivity index (χ3v) is 4.03. The average molecular weight is 362 g/mol. The Labute approximate surface area is 154 Å². The largest absolute Gasteiger partial charge is 0.497 e. The second-order valence-electron chi connectivity index (χ2n) is 5.56. The SMILES string of the molecule is C=C(c1ccc(OC)c(C(=O)O)c1)C(C)/C=C(OC)\C(OC)=C(/C)OC. The summed E-state index contributed by atoms with van der Waals surface area (Å²) in [7, 11) is 6.06. The van der Waals surface area contributed by atoms with Crippen molar-refractivity contribution < 1.29 is 28.8 Å². The molecule has 0 amide bonds. The molecule has 6 nitrogen and oxygen atoms in total. The molecule has 1 unspecified atom stereocenters. The van der Waals surface area contributed by atoms with Crippen LogP contribution in [0.15, 0.2) is 48.1 Å². The van der Waals surface area contributed by atoms with Gasteiger partial charge in [0.1, 0.15) is 17.1 Å². The van der Waals surface area contributed by atoms with Crippen molar-refractivity contribution in [3.8, 4) is 5.75 Å². The molecule has 0 fully saturated rings. The van der Waals surface area contributed by atoms with Gasteiger partial charge in [0.2, 0.25) is 0 Å². The molecular weight excluding hydrogens is 336 g/mol. The standard InChI is InChI=1S/C20H26O6/c1-12(10-18(25-6)19(26-7)14(3)23-4)13(2)15-8-9-17(24-5)16(11-15)20(21)22/h8-12H,2H2,1,3-7H3,(H,21,22)/b18-10+,19-14-. The van der Waals surface area contributed by atoms with E-state index in [2.05, 4.69) is 6.58 Å². The summed E-state index contributed by atoms with van der Waals surface area (Å²) < 4.78 is 21.1. The number of rotatable bonds is 9. The van der Waals surface area contributed by atoms with E-state index in [1.165, 1.54) is 14.2 Å². The zero-order valence-corrected chi connectivity index (χ0v) is 16.1. The molecular formula is C20H26O6. The smallest absolute Gasteiger partial charge is 0.339 e. The van der Waals surface area contributed by atoms with Crippen molar-refractivity contribution in [3.63, 3.8) is 0 Å². The Kier molecular flexibility index (Phi) is 7.77. The highest BCUT2D eigenvalue weighted by atomic mass is 16.5. The highest BCUT2D eigenvalue weighted by Crippen LogP contribution is 2.29. The molecule has 0 saturated heterocycles. The third kappa shape index (κ3) is 4.81. The molecule has 0 radical (unpaired) electrons. The van der Waals surface area contributed by atoms with Gasteiger partial charge in [-0.15, -0.1) is 0 Å². The summed E-state index contributed by atoms with van der Waals surface area (Å²) in [6.07, 6.45) is 1.84. The van der Waals surface area contributed by atoms with Gasteiger partial charge in [-0.3, -0.25) is 0 Å². The predicted molar refractivity (Wildman–Crippen MR) is 100.0 cm³/mol. The lowest BCUT2D eigenvalue weighted by atomic mass is 9.93. The molecule has 1 aromatic carbocycles. The third-order valence-electron chi connectivity index (χ3n) is 4.03. The number of hydrogen-bond donors (Lipinski definition) is 1. The molecule has 0 aliphatic heterocycles. The van der Waals surface area contributed by atoms with Crippen molar-refractivity contribution in [1.29, 1.82) is 0 Å². The van der Waals surface area contributed by atoms with E-state index in [0.717, 1.165) is 5.57 Å². The van der Waals surface area contributed by atoms with Crippen LogP contribution in [0, 0.1) is 5.92 Å². The molecule has 142 valence electrons. The number of aromatic carboxylic acids is 1. The first-order valence-electron chi connectivity index (χ1n) is 7.96. The van der Waals surface area contributed by atoms with Crippen LogP contribution >= 0.6 is 0 Å². The topological polar surface area (TPSA) is 74.2 Å². The summed E-state index contributed by atoms with van der Waals surface area (Å²) in [4.78, 5) is 11.4. The van der Waals surface area contributed by atoms with Crippen LogP contribution in [0.3, 0.4) is 0 Å². The molecule has 1 aromatic rings. The molecule has 1 rings (SSSR count). The lowest BCUT2D eigenvalue weighted by Gasteiger charge is -2.17. The lowest BCUT2D eigenvalue weighted by molar-refractivity contribution is 0.0693. The van der Waals surface area contributed by atoms with E-state index in [4.69, 9.17) is 18.9 Å². The maximum absolute atomic E-state index is 11.4. The minimum absolute atomic E-state index is 0.0852. The summed E-state index contributed by atoms with van der Waals surface area (Å²) in [6, 6.07) is 4.94. The average Bonchev–Trinajstić information content (AvgIpc) is 2.65. The van der Waals surface area contributed by atoms with Crippen molar-refractivity contribution in [3.05, 3.63) is 59.3 Å².